The van der Waals surface area contributed by atoms with Gasteiger partial charge in [-0.15, -0.1) is 11.3 Å². The number of aromatic nitrogens is 1. The summed E-state index contributed by atoms with van der Waals surface area (Å²) in [5.74, 6) is 0.456. The molecule has 2 aliphatic rings. The van der Waals surface area contributed by atoms with E-state index >= 15 is 0 Å². The molecule has 0 bridgehead atoms. The summed E-state index contributed by atoms with van der Waals surface area (Å²) in [5.41, 5.74) is 1.33. The lowest BCUT2D eigenvalue weighted by atomic mass is 10.1. The number of anilines is 1. The van der Waals surface area contributed by atoms with Crippen molar-refractivity contribution in [2.45, 2.75) is 22.8 Å². The van der Waals surface area contributed by atoms with E-state index in [-0.39, 0.29) is 33.2 Å². The molecule has 1 unspecified atom stereocenters. The van der Waals surface area contributed by atoms with E-state index in [1.807, 2.05) is 24.3 Å². The number of likely N-dealkylation sites (tertiary alicyclic amines) is 1. The summed E-state index contributed by atoms with van der Waals surface area (Å²) in [6.45, 7) is 3.15. The summed E-state index contributed by atoms with van der Waals surface area (Å²) in [5, 5.41) is 6.32. The van der Waals surface area contributed by atoms with Gasteiger partial charge in [-0.1, -0.05) is 12.1 Å². The van der Waals surface area contributed by atoms with Gasteiger partial charge in [-0.2, -0.15) is 0 Å². The van der Waals surface area contributed by atoms with Crippen LogP contribution in [0.15, 0.2) is 82.7 Å². The average molecular weight is 589 g/mol. The Hall–Kier alpha value is -4.06. The van der Waals surface area contributed by atoms with Gasteiger partial charge in [0.05, 0.1) is 34.2 Å². The van der Waals surface area contributed by atoms with E-state index in [1.54, 1.807) is 18.3 Å². The van der Waals surface area contributed by atoms with Gasteiger partial charge in [0.25, 0.3) is 11.8 Å². The second kappa shape index (κ2) is 11.1. The van der Waals surface area contributed by atoms with Gasteiger partial charge in [-0.25, -0.2) is 13.4 Å². The Morgan fingerprint density at radius 1 is 1.12 bits per heavy atom. The molecule has 41 heavy (non-hydrogen) atoms. The molecule has 0 radical (unpaired) electrons. The fourth-order valence-electron chi connectivity index (χ4n) is 5.06. The minimum absolute atomic E-state index is 0.0537. The van der Waals surface area contributed by atoms with E-state index in [0.717, 1.165) is 40.7 Å². The Morgan fingerprint density at radius 3 is 2.71 bits per heavy atom. The Morgan fingerprint density at radius 2 is 1.93 bits per heavy atom. The van der Waals surface area contributed by atoms with Crippen LogP contribution in [0.2, 0.25) is 0 Å². The van der Waals surface area contributed by atoms with Crippen LogP contribution < -0.4 is 15.4 Å². The van der Waals surface area contributed by atoms with Crippen LogP contribution in [0.1, 0.15) is 32.0 Å². The second-order valence-corrected chi connectivity index (χ2v) is 13.2. The molecule has 6 rings (SSSR count). The molecule has 2 N–H and O–H groups in total. The molecule has 11 heteroatoms. The number of nitrogens with one attached hydrogen (secondary N) is 2. The standard InChI is InChI=1S/C30H28N4O5S2/c1-34-13-12-19(17-34)18-39-22-9-6-20(7-10-22)30-32-16-23(40-30)15-31-28(35)21-8-11-27-25(14-21)33-29(36)24-4-2-3-5-26(24)41(27,37)38/h2-11,14,16,19H,12-13,15,17-18H2,1H3,(H,31,35)(H,33,36). The topological polar surface area (TPSA) is 118 Å². The molecular formula is C30H28N4O5S2. The van der Waals surface area contributed by atoms with Gasteiger partial charge in [-0.05, 0) is 74.6 Å². The highest BCUT2D eigenvalue weighted by Gasteiger charge is 2.31. The molecule has 2 aliphatic heterocycles. The second-order valence-electron chi connectivity index (χ2n) is 10.2. The number of sulfone groups is 1. The highest BCUT2D eigenvalue weighted by molar-refractivity contribution is 7.91. The number of hydrogen-bond acceptors (Lipinski definition) is 8. The van der Waals surface area contributed by atoms with Gasteiger partial charge in [0.2, 0.25) is 9.84 Å². The monoisotopic (exact) mass is 588 g/mol. The third-order valence-corrected chi connectivity index (χ3v) is 10.2. The molecule has 1 aromatic heterocycles. The van der Waals surface area contributed by atoms with E-state index in [0.29, 0.717) is 12.5 Å². The maximum absolute atomic E-state index is 13.2. The lowest BCUT2D eigenvalue weighted by molar-refractivity contribution is 0.0949. The van der Waals surface area contributed by atoms with Crippen molar-refractivity contribution in [3.8, 4) is 16.3 Å². The number of benzene rings is 3. The number of fused-ring (bicyclic) bond motifs is 2. The molecule has 9 nitrogen and oxygen atoms in total. The largest absolute Gasteiger partial charge is 0.493 e. The molecule has 0 saturated carbocycles. The molecule has 4 aromatic rings. The van der Waals surface area contributed by atoms with Crippen molar-refractivity contribution in [3.05, 3.63) is 88.9 Å². The van der Waals surface area contributed by atoms with Crippen LogP contribution in [-0.4, -0.2) is 56.9 Å². The molecule has 1 saturated heterocycles. The van der Waals surface area contributed by atoms with Gasteiger partial charge >= 0.3 is 0 Å². The fourth-order valence-corrected chi connectivity index (χ4v) is 7.51. The lowest BCUT2D eigenvalue weighted by Gasteiger charge is -2.12. The Balaban J connectivity index is 1.09. The fraction of sp³-hybridized carbons (Fsp3) is 0.233. The Bertz CT molecular complexity index is 1730. The predicted molar refractivity (Wildman–Crippen MR) is 156 cm³/mol. The predicted octanol–water partition coefficient (Wildman–Crippen LogP) is 4.47. The molecular weight excluding hydrogens is 560 g/mol. The summed E-state index contributed by atoms with van der Waals surface area (Å²) in [4.78, 5) is 33.2. The number of ether oxygens (including phenoxy) is 1. The lowest BCUT2D eigenvalue weighted by Crippen LogP contribution is -2.22. The van der Waals surface area contributed by atoms with Crippen molar-refractivity contribution < 1.29 is 22.7 Å². The van der Waals surface area contributed by atoms with E-state index < -0.39 is 21.7 Å². The molecule has 210 valence electrons. The molecule has 3 aromatic carbocycles. The van der Waals surface area contributed by atoms with Gasteiger partial charge in [0.15, 0.2) is 0 Å². The van der Waals surface area contributed by atoms with Gasteiger partial charge in [0.1, 0.15) is 10.8 Å². The molecule has 0 aliphatic carbocycles. The zero-order valence-electron chi connectivity index (χ0n) is 22.3. The summed E-state index contributed by atoms with van der Waals surface area (Å²) >= 11 is 1.47. The third kappa shape index (κ3) is 5.61. The van der Waals surface area contributed by atoms with E-state index in [4.69, 9.17) is 4.74 Å². The third-order valence-electron chi connectivity index (χ3n) is 7.25. The van der Waals surface area contributed by atoms with E-state index in [9.17, 15) is 18.0 Å². The van der Waals surface area contributed by atoms with E-state index in [2.05, 4.69) is 27.6 Å². The Kier molecular flexibility index (Phi) is 7.33. The summed E-state index contributed by atoms with van der Waals surface area (Å²) in [6.07, 6.45) is 2.88. The Labute approximate surface area is 242 Å². The van der Waals surface area contributed by atoms with Crippen LogP contribution >= 0.6 is 11.3 Å². The van der Waals surface area contributed by atoms with Crippen LogP contribution in [0.4, 0.5) is 5.69 Å². The zero-order valence-corrected chi connectivity index (χ0v) is 23.9. The summed E-state index contributed by atoms with van der Waals surface area (Å²) in [7, 11) is -1.80. The van der Waals surface area contributed by atoms with Crippen molar-refractivity contribution in [2.75, 3.05) is 32.1 Å². The molecule has 3 heterocycles. The first-order chi connectivity index (χ1) is 19.8. The number of rotatable bonds is 7. The zero-order chi connectivity index (χ0) is 28.6. The van der Waals surface area contributed by atoms with E-state index in [1.165, 1.54) is 41.7 Å². The quantitative estimate of drug-likeness (QED) is 0.327. The van der Waals surface area contributed by atoms with Crippen LogP contribution in [0.5, 0.6) is 5.75 Å². The van der Waals surface area contributed by atoms with Gasteiger partial charge in [-0.3, -0.25) is 9.59 Å². The number of carbonyl (C=O) groups is 2. The molecule has 0 spiro atoms. The maximum atomic E-state index is 13.2. The van der Waals surface area contributed by atoms with Crippen molar-refractivity contribution in [2.24, 2.45) is 5.92 Å². The average Bonchev–Trinajstić information content (AvgIpc) is 3.62. The SMILES string of the molecule is CN1CCC(COc2ccc(-c3ncc(CNC(=O)c4ccc5c(c4)NC(=O)c4ccccc4S5(=O)=O)s3)cc2)C1. The highest BCUT2D eigenvalue weighted by atomic mass is 32.2. The normalized spacial score (nSPS) is 17.7. The van der Waals surface area contributed by atoms with Gasteiger partial charge in [0, 0.05) is 34.7 Å². The maximum Gasteiger partial charge on any atom is 0.257 e. The molecule has 1 fully saturated rings. The number of hydrogen-bond donors (Lipinski definition) is 2. The minimum atomic E-state index is -3.94. The number of amides is 2. The van der Waals surface area contributed by atoms with Gasteiger partial charge < -0.3 is 20.3 Å². The van der Waals surface area contributed by atoms with Crippen molar-refractivity contribution in [3.63, 3.8) is 0 Å². The summed E-state index contributed by atoms with van der Waals surface area (Å²) < 4.78 is 32.3. The molecule has 2 amide bonds. The number of nitrogens with zero attached hydrogens (tertiary/aromatic N) is 2. The molecule has 1 atom stereocenters. The minimum Gasteiger partial charge on any atom is -0.493 e. The van der Waals surface area contributed by atoms with Crippen LogP contribution in [-0.2, 0) is 16.4 Å². The smallest absolute Gasteiger partial charge is 0.257 e. The van der Waals surface area contributed by atoms with Crippen molar-refractivity contribution in [1.29, 1.82) is 0 Å². The van der Waals surface area contributed by atoms with Crippen molar-refractivity contribution >= 4 is 38.7 Å². The first-order valence-corrected chi connectivity index (χ1v) is 15.5. The van der Waals surface area contributed by atoms with Crippen molar-refractivity contribution in [1.82, 2.24) is 15.2 Å². The first kappa shape index (κ1) is 27.1. The summed E-state index contributed by atoms with van der Waals surface area (Å²) in [6, 6.07) is 18.1. The highest BCUT2D eigenvalue weighted by Crippen LogP contribution is 2.34. The van der Waals surface area contributed by atoms with Crippen LogP contribution in [0.3, 0.4) is 0 Å². The number of carbonyl (C=O) groups excluding carboxylic acids is 2. The van der Waals surface area contributed by atoms with Crippen LogP contribution in [0.25, 0.3) is 10.6 Å². The van der Waals surface area contributed by atoms with Crippen LogP contribution in [0, 0.1) is 5.92 Å². The number of thiazole rings is 1. The first-order valence-electron chi connectivity index (χ1n) is 13.2.